The predicted octanol–water partition coefficient (Wildman–Crippen LogP) is 0.556. The van der Waals surface area contributed by atoms with Crippen molar-refractivity contribution in [3.8, 4) is 12.3 Å². The van der Waals surface area contributed by atoms with Crippen LogP contribution in [0.2, 0.25) is 0 Å². The molecular formula is C11H12N2O3S. The van der Waals surface area contributed by atoms with Crippen molar-refractivity contribution < 1.29 is 13.2 Å². The molecule has 0 bridgehead atoms. The Morgan fingerprint density at radius 2 is 1.94 bits per heavy atom. The molecule has 0 aliphatic carbocycles. The first-order valence-corrected chi connectivity index (χ1v) is 6.25. The van der Waals surface area contributed by atoms with Gasteiger partial charge < -0.3 is 5.32 Å². The highest BCUT2D eigenvalue weighted by atomic mass is 32.2. The minimum absolute atomic E-state index is 0.0597. The molecule has 0 atom stereocenters. The van der Waals surface area contributed by atoms with Crippen LogP contribution in [0.4, 0.5) is 5.69 Å². The molecule has 90 valence electrons. The van der Waals surface area contributed by atoms with Crippen LogP contribution in [-0.4, -0.2) is 20.9 Å². The van der Waals surface area contributed by atoms with E-state index in [4.69, 9.17) is 6.42 Å². The highest BCUT2D eigenvalue weighted by molar-refractivity contribution is 7.89. The number of amides is 1. The van der Waals surface area contributed by atoms with Crippen LogP contribution in [0.3, 0.4) is 0 Å². The van der Waals surface area contributed by atoms with E-state index in [1.54, 1.807) is 0 Å². The van der Waals surface area contributed by atoms with Gasteiger partial charge in [0.1, 0.15) is 0 Å². The average Bonchev–Trinajstić information content (AvgIpc) is 2.26. The lowest BCUT2D eigenvalue weighted by molar-refractivity contribution is -0.114. The number of carbonyl (C=O) groups is 1. The van der Waals surface area contributed by atoms with E-state index in [0.29, 0.717) is 5.69 Å². The molecule has 0 saturated heterocycles. The Morgan fingerprint density at radius 1 is 1.35 bits per heavy atom. The largest absolute Gasteiger partial charge is 0.326 e. The van der Waals surface area contributed by atoms with Crippen LogP contribution in [0.1, 0.15) is 6.92 Å². The Labute approximate surface area is 100 Å². The van der Waals surface area contributed by atoms with E-state index < -0.39 is 10.0 Å². The van der Waals surface area contributed by atoms with Gasteiger partial charge in [-0.3, -0.25) is 4.79 Å². The molecule has 6 heteroatoms. The molecule has 0 aliphatic heterocycles. The summed E-state index contributed by atoms with van der Waals surface area (Å²) in [5.74, 6) is 1.97. The average molecular weight is 252 g/mol. The van der Waals surface area contributed by atoms with Crippen molar-refractivity contribution in [1.29, 1.82) is 0 Å². The summed E-state index contributed by atoms with van der Waals surface area (Å²) < 4.78 is 25.5. The summed E-state index contributed by atoms with van der Waals surface area (Å²) in [5.41, 5.74) is 0.536. The molecule has 0 radical (unpaired) electrons. The van der Waals surface area contributed by atoms with Crippen molar-refractivity contribution in [2.24, 2.45) is 0 Å². The van der Waals surface area contributed by atoms with E-state index in [2.05, 4.69) is 16.0 Å². The monoisotopic (exact) mass is 252 g/mol. The summed E-state index contributed by atoms with van der Waals surface area (Å²) in [6, 6.07) is 5.80. The van der Waals surface area contributed by atoms with Crippen LogP contribution in [0, 0.1) is 12.3 Å². The topological polar surface area (TPSA) is 75.3 Å². The number of anilines is 1. The zero-order chi connectivity index (χ0) is 12.9. The fourth-order valence-corrected chi connectivity index (χ4v) is 2.08. The first-order valence-electron chi connectivity index (χ1n) is 4.76. The minimum Gasteiger partial charge on any atom is -0.326 e. The molecular weight excluding hydrogens is 240 g/mol. The number of benzene rings is 1. The number of hydrogen-bond donors (Lipinski definition) is 2. The predicted molar refractivity (Wildman–Crippen MR) is 64.8 cm³/mol. The number of sulfonamides is 1. The molecule has 1 amide bonds. The van der Waals surface area contributed by atoms with Crippen molar-refractivity contribution >= 4 is 21.6 Å². The Bertz CT molecular complexity index is 541. The van der Waals surface area contributed by atoms with Gasteiger partial charge in [-0.05, 0) is 24.3 Å². The molecule has 0 fully saturated rings. The second-order valence-electron chi connectivity index (χ2n) is 3.23. The molecule has 0 spiro atoms. The van der Waals surface area contributed by atoms with Gasteiger partial charge in [-0.2, -0.15) is 4.72 Å². The molecule has 5 nitrogen and oxygen atoms in total. The lowest BCUT2D eigenvalue weighted by Gasteiger charge is -2.05. The van der Waals surface area contributed by atoms with Crippen molar-refractivity contribution in [2.45, 2.75) is 11.8 Å². The molecule has 0 saturated carbocycles. The third-order valence-electron chi connectivity index (χ3n) is 1.85. The molecule has 0 aliphatic rings. The summed E-state index contributed by atoms with van der Waals surface area (Å²) in [5, 5.41) is 2.54. The van der Waals surface area contributed by atoms with E-state index in [0.717, 1.165) is 0 Å². The van der Waals surface area contributed by atoms with Crippen molar-refractivity contribution in [1.82, 2.24) is 4.72 Å². The second-order valence-corrected chi connectivity index (χ2v) is 5.00. The van der Waals surface area contributed by atoms with Gasteiger partial charge >= 0.3 is 0 Å². The first-order chi connectivity index (χ1) is 7.95. The van der Waals surface area contributed by atoms with E-state index in [-0.39, 0.29) is 17.3 Å². The fraction of sp³-hybridized carbons (Fsp3) is 0.182. The molecule has 0 aromatic heterocycles. The van der Waals surface area contributed by atoms with Crippen LogP contribution < -0.4 is 10.0 Å². The van der Waals surface area contributed by atoms with Gasteiger partial charge in [0.2, 0.25) is 15.9 Å². The maximum Gasteiger partial charge on any atom is 0.241 e. The Balaban J connectivity index is 2.88. The van der Waals surface area contributed by atoms with E-state index >= 15 is 0 Å². The van der Waals surface area contributed by atoms with Crippen molar-refractivity contribution in [3.63, 3.8) is 0 Å². The quantitative estimate of drug-likeness (QED) is 0.769. The molecule has 0 unspecified atom stereocenters. The van der Waals surface area contributed by atoms with Gasteiger partial charge in [0.25, 0.3) is 0 Å². The van der Waals surface area contributed by atoms with Crippen LogP contribution in [0.25, 0.3) is 0 Å². The molecule has 1 aromatic carbocycles. The zero-order valence-corrected chi connectivity index (χ0v) is 10.0. The second kappa shape index (κ2) is 5.48. The SMILES string of the molecule is C#CCNS(=O)(=O)c1ccc(NC(C)=O)cc1. The number of terminal acetylenes is 1. The number of carbonyl (C=O) groups excluding carboxylic acids is 1. The highest BCUT2D eigenvalue weighted by Crippen LogP contribution is 2.13. The number of nitrogens with one attached hydrogen (secondary N) is 2. The summed E-state index contributed by atoms with van der Waals surface area (Å²) in [6.45, 7) is 1.31. The summed E-state index contributed by atoms with van der Waals surface area (Å²) in [6.07, 6.45) is 4.97. The van der Waals surface area contributed by atoms with Gasteiger partial charge in [0.15, 0.2) is 0 Å². The molecule has 0 heterocycles. The normalized spacial score (nSPS) is 10.6. The summed E-state index contributed by atoms with van der Waals surface area (Å²) in [7, 11) is -3.57. The van der Waals surface area contributed by atoms with Gasteiger partial charge in [0, 0.05) is 12.6 Å². The lowest BCUT2D eigenvalue weighted by Crippen LogP contribution is -2.23. The maximum absolute atomic E-state index is 11.6. The molecule has 1 rings (SSSR count). The van der Waals surface area contributed by atoms with Crippen LogP contribution in [0.15, 0.2) is 29.2 Å². The lowest BCUT2D eigenvalue weighted by atomic mass is 10.3. The fourth-order valence-electron chi connectivity index (χ4n) is 1.14. The summed E-state index contributed by atoms with van der Waals surface area (Å²) in [4.78, 5) is 10.9. The van der Waals surface area contributed by atoms with Gasteiger partial charge in [0.05, 0.1) is 11.4 Å². The molecule has 2 N–H and O–H groups in total. The van der Waals surface area contributed by atoms with Crippen molar-refractivity contribution in [2.75, 3.05) is 11.9 Å². The van der Waals surface area contributed by atoms with Crippen LogP contribution in [-0.2, 0) is 14.8 Å². The number of hydrogen-bond acceptors (Lipinski definition) is 3. The van der Waals surface area contributed by atoms with Gasteiger partial charge in [-0.15, -0.1) is 6.42 Å². The van der Waals surface area contributed by atoms with Crippen molar-refractivity contribution in [3.05, 3.63) is 24.3 Å². The summed E-state index contributed by atoms with van der Waals surface area (Å²) >= 11 is 0. The van der Waals surface area contributed by atoms with Crippen LogP contribution in [0.5, 0.6) is 0 Å². The van der Waals surface area contributed by atoms with E-state index in [1.807, 2.05) is 0 Å². The third kappa shape index (κ3) is 3.90. The van der Waals surface area contributed by atoms with Crippen LogP contribution >= 0.6 is 0 Å². The maximum atomic E-state index is 11.6. The Morgan fingerprint density at radius 3 is 2.41 bits per heavy atom. The van der Waals surface area contributed by atoms with Gasteiger partial charge in [-0.1, -0.05) is 5.92 Å². The van der Waals surface area contributed by atoms with E-state index in [9.17, 15) is 13.2 Å². The van der Waals surface area contributed by atoms with E-state index in [1.165, 1.54) is 31.2 Å². The molecule has 1 aromatic rings. The minimum atomic E-state index is -3.57. The van der Waals surface area contributed by atoms with Gasteiger partial charge in [-0.25, -0.2) is 8.42 Å². The first kappa shape index (κ1) is 13.2. The molecule has 17 heavy (non-hydrogen) atoms. The smallest absolute Gasteiger partial charge is 0.241 e. The highest BCUT2D eigenvalue weighted by Gasteiger charge is 2.12. The zero-order valence-electron chi connectivity index (χ0n) is 9.23. The Kier molecular flexibility index (Phi) is 4.26. The number of rotatable bonds is 4. The third-order valence-corrected chi connectivity index (χ3v) is 3.27. The standard InChI is InChI=1S/C11H12N2O3S/c1-3-8-12-17(15,16)11-6-4-10(5-7-11)13-9(2)14/h1,4-7,12H,8H2,2H3,(H,13,14). The Hall–Kier alpha value is -1.84.